The average molecular weight is 1990 g/mol. The van der Waals surface area contributed by atoms with Crippen LogP contribution in [0.1, 0.15) is 191 Å². The highest BCUT2D eigenvalue weighted by molar-refractivity contribution is 6.00. The van der Waals surface area contributed by atoms with Gasteiger partial charge in [0, 0.05) is 99.1 Å². The molecule has 11 amide bonds. The monoisotopic (exact) mass is 1990 g/mol. The van der Waals surface area contributed by atoms with E-state index in [0.29, 0.717) is 40.6 Å². The minimum absolute atomic E-state index is 0.0243. The van der Waals surface area contributed by atoms with Crippen molar-refractivity contribution in [1.29, 1.82) is 0 Å². The Morgan fingerprint density at radius 1 is 0.604 bits per heavy atom. The van der Waals surface area contributed by atoms with Gasteiger partial charge in [0.15, 0.2) is 17.5 Å². The second-order valence-electron chi connectivity index (χ2n) is 39.2. The van der Waals surface area contributed by atoms with Gasteiger partial charge in [0.2, 0.25) is 65.2 Å². The lowest BCUT2D eigenvalue weighted by molar-refractivity contribution is -0.346. The lowest BCUT2D eigenvalue weighted by Crippen LogP contribution is -2.82. The highest BCUT2D eigenvalue weighted by Gasteiger charge is 2.78. The van der Waals surface area contributed by atoms with Crippen molar-refractivity contribution in [2.24, 2.45) is 51.9 Å². The summed E-state index contributed by atoms with van der Waals surface area (Å²) >= 11 is 0. The van der Waals surface area contributed by atoms with Crippen LogP contribution < -0.4 is 59.3 Å². The molecular weight excluding hydrogens is 1860 g/mol. The molecule has 1 aliphatic heterocycles. The molecule has 17 N–H and O–H groups in total. The number of para-hydroxylation sites is 1. The Bertz CT molecular complexity index is 5890. The number of nitrogens with one attached hydrogen (secondary N) is 11. The number of benzene rings is 5. The lowest BCUT2D eigenvalue weighted by Gasteiger charge is -2.67. The molecule has 2 bridgehead atoms. The molecule has 3 fully saturated rings. The summed E-state index contributed by atoms with van der Waals surface area (Å²) in [5.41, 5.74) is 4.60. The van der Waals surface area contributed by atoms with Crippen molar-refractivity contribution in [3.63, 3.8) is 0 Å². The van der Waals surface area contributed by atoms with Crippen molar-refractivity contribution >= 4 is 112 Å². The molecule has 11 rings (SSSR count). The third-order valence-electron chi connectivity index (χ3n) is 27.0. The number of Topliss-reactive ketones (excluding diaryl/α,β-unsaturated/α-hetero) is 1. The van der Waals surface area contributed by atoms with Crippen molar-refractivity contribution in [2.75, 3.05) is 13.2 Å². The lowest BCUT2D eigenvalue weighted by atomic mass is 9.44. The zero-order valence-electron chi connectivity index (χ0n) is 82.8. The molecule has 144 heavy (non-hydrogen) atoms. The number of imidazole rings is 1. The number of esters is 5. The number of nitrogens with zero attached hydrogens (tertiary/aromatic N) is 1. The summed E-state index contributed by atoms with van der Waals surface area (Å²) < 4.78 is 37.5. The molecule has 2 saturated carbocycles. The Kier molecular flexibility index (Phi) is 36.9. The van der Waals surface area contributed by atoms with Gasteiger partial charge >= 0.3 is 29.8 Å². The predicted octanol–water partition coefficient (Wildman–Crippen LogP) is 5.20. The summed E-state index contributed by atoms with van der Waals surface area (Å²) in [6.45, 7) is 19.0. The topological polar surface area (TPSA) is 591 Å². The predicted molar refractivity (Wildman–Crippen MR) is 521 cm³/mol. The van der Waals surface area contributed by atoms with Crippen molar-refractivity contribution in [1.82, 2.24) is 62.8 Å². The summed E-state index contributed by atoms with van der Waals surface area (Å²) in [5.74, 6) is -18.9. The number of aliphatic hydroxyl groups is 2. The Morgan fingerprint density at radius 3 is 1.80 bits per heavy atom. The standard InChI is InChI=1S/C105H130N14O25/c1-56(2)44-67(92(107)128)38-39-69(45-57(3)4)113-97(133)76(48-70-52-108-55-111-70)115-82(125)53-110-99(135)85(58(5)6)118-93(129)60(8)112-96(132)75(47-68-51-109-72-37-27-26-36-71(68)72)117-95(131)73(40-41-80(106)123)116-98(134)74(46-63-28-18-14-19-29-63)114-81(124)42-43-83(126)142-88(86(64-30-20-15-21-31-64)119-94(130)65-32-22-16-23-33-65)101(137)141-77-50-105(138)91(143-100(136)66-34-24-17-25-35-66)89-103(13,78(122)49-79-104(89,54-139-79)144-62(10)121)90(127)87(140-61(9)120)84(59(77)7)102(105,11)12/h14-39,51-52,55-58,60,67,69,73-79,85-89,91,109,122,138H,40-50,53-54H2,1-13H3,(H2,106,123)(H2,107,128)(H,108,111)(H,110,135)(H,112,132)(H,113,133)(H,114,124)(H,115,125)(H,116,134)(H,117,131)(H,118,129)(H,119,130)/b39-38+/t60-,67-,69+,73-,74-,75-,76-,77-,78-,79+,85-,86-,87+,88+,89-,91-,103+,104-,105+/m0/s1. The fourth-order valence-electron chi connectivity index (χ4n) is 19.4. The quantitative estimate of drug-likeness (QED) is 0.0132. The van der Waals surface area contributed by atoms with Gasteiger partial charge in [0.05, 0.1) is 60.5 Å². The summed E-state index contributed by atoms with van der Waals surface area (Å²) in [6, 6.07) is 26.9. The zero-order chi connectivity index (χ0) is 105. The SMILES string of the molecule is CC(=O)O[C@H]1C(=O)[C@@]2(C)[C@H]([C@H](OC(=O)c3ccccc3)[C@]3(O)C[C@H](OC(=O)[C@H](OC(=O)CCC(=O)N[C@@H](Cc4ccccc4)C(=O)N[C@@H](CCC(N)=O)C(=O)N[C@@H](Cc4c[nH]c5ccccc45)C(=O)N[C@@H](C)C(=O)N[C@H](C(=O)NCC(=O)N[C@@H](Cc4c[nH]cn4)C(=O)N[C@H](/C=C/[C@@H](CC(C)C)C(N)=O)CC(C)C)C(C)C)[C@@H](NC(=O)c4ccccc4)c4ccccc4)C(C)=C1C3(C)C)[C@]1(OC(C)=O)CO[C@@H]1C[C@@H]2O. The first kappa shape index (κ1) is 110. The van der Waals surface area contributed by atoms with Crippen LogP contribution >= 0.6 is 0 Å². The second-order valence-corrected chi connectivity index (χ2v) is 39.2. The van der Waals surface area contributed by atoms with E-state index in [4.69, 9.17) is 39.9 Å². The van der Waals surface area contributed by atoms with E-state index in [1.165, 1.54) is 89.5 Å². The van der Waals surface area contributed by atoms with Crippen molar-refractivity contribution in [2.45, 2.75) is 257 Å². The molecule has 4 aliphatic rings. The fraction of sp³-hybridized carbons (Fsp3) is 0.467. The Balaban J connectivity index is 0.829. The summed E-state index contributed by atoms with van der Waals surface area (Å²) in [4.78, 5) is 255. The van der Waals surface area contributed by atoms with E-state index in [1.54, 1.807) is 135 Å². The highest BCUT2D eigenvalue weighted by atomic mass is 16.6. The number of fused-ring (bicyclic) bond motifs is 6. The molecule has 3 aliphatic carbocycles. The molecule has 1 saturated heterocycles. The van der Waals surface area contributed by atoms with Gasteiger partial charge in [-0.3, -0.25) is 71.9 Å². The molecule has 39 heteroatoms. The number of carbonyl (C=O) groups is 17. The van der Waals surface area contributed by atoms with E-state index in [-0.39, 0.29) is 65.4 Å². The van der Waals surface area contributed by atoms with E-state index in [1.807, 2.05) is 27.7 Å². The van der Waals surface area contributed by atoms with Crippen LogP contribution in [0.2, 0.25) is 0 Å². The smallest absolute Gasteiger partial charge is 0.350 e. The van der Waals surface area contributed by atoms with Crippen molar-refractivity contribution in [3.05, 3.63) is 221 Å². The van der Waals surface area contributed by atoms with Gasteiger partial charge in [-0.05, 0) is 116 Å². The number of ketones is 1. The maximum absolute atomic E-state index is 16.2. The van der Waals surface area contributed by atoms with Crippen LogP contribution in [0.4, 0.5) is 0 Å². The number of hydrogen-bond donors (Lipinski definition) is 15. The van der Waals surface area contributed by atoms with Gasteiger partial charge in [-0.15, -0.1) is 0 Å². The number of H-pyrrole nitrogens is 2. The van der Waals surface area contributed by atoms with Gasteiger partial charge in [-0.2, -0.15) is 0 Å². The third kappa shape index (κ3) is 26.8. The van der Waals surface area contributed by atoms with Crippen LogP contribution in [0.25, 0.3) is 10.9 Å². The van der Waals surface area contributed by atoms with E-state index >= 15 is 24.0 Å². The molecular formula is C105H130N14O25. The van der Waals surface area contributed by atoms with Crippen LogP contribution in [-0.2, 0) is 120 Å². The number of hydrogen-bond acceptors (Lipinski definition) is 26. The number of amides is 11. The summed E-state index contributed by atoms with van der Waals surface area (Å²) in [6.07, 6.45) is -6.75. The molecule has 5 aromatic carbocycles. The maximum atomic E-state index is 16.2. The molecule has 0 radical (unpaired) electrons. The molecule has 2 aromatic heterocycles. The first-order valence-electron chi connectivity index (χ1n) is 48.2. The van der Waals surface area contributed by atoms with Crippen molar-refractivity contribution < 1.29 is 120 Å². The van der Waals surface area contributed by atoms with Crippen LogP contribution in [-0.4, -0.2) is 229 Å². The van der Waals surface area contributed by atoms with E-state index in [2.05, 4.69) is 62.8 Å². The third-order valence-corrected chi connectivity index (χ3v) is 27.0. The molecule has 39 nitrogen and oxygen atoms in total. The molecule has 0 unspecified atom stereocenters. The van der Waals surface area contributed by atoms with Crippen LogP contribution in [0.5, 0.6) is 0 Å². The number of ether oxygens (including phenoxy) is 6. The first-order valence-corrected chi connectivity index (χ1v) is 48.2. The summed E-state index contributed by atoms with van der Waals surface area (Å²) in [7, 11) is 0. The number of aromatic nitrogens is 3. The first-order chi connectivity index (χ1) is 68.2. The molecule has 7 aromatic rings. The maximum Gasteiger partial charge on any atom is 0.350 e. The molecule has 770 valence electrons. The molecule has 19 atom stereocenters. The van der Waals surface area contributed by atoms with Gasteiger partial charge < -0.3 is 108 Å². The van der Waals surface area contributed by atoms with Gasteiger partial charge in [0.1, 0.15) is 66.2 Å². The van der Waals surface area contributed by atoms with Crippen LogP contribution in [0, 0.1) is 40.4 Å². The molecule has 0 spiro atoms. The van der Waals surface area contributed by atoms with Crippen molar-refractivity contribution in [3.8, 4) is 0 Å². The van der Waals surface area contributed by atoms with Gasteiger partial charge in [-0.25, -0.2) is 14.6 Å². The second kappa shape index (κ2) is 48.4. The number of aromatic amines is 2. The molecule has 3 heterocycles. The Hall–Kier alpha value is -14.6. The number of nitrogens with two attached hydrogens (primary N) is 2. The number of primary amides is 2. The van der Waals surface area contributed by atoms with Gasteiger partial charge in [0.25, 0.3) is 5.91 Å². The number of carbonyl (C=O) groups excluding carboxylic acids is 17. The zero-order valence-corrected chi connectivity index (χ0v) is 82.8. The summed E-state index contributed by atoms with van der Waals surface area (Å²) in [5, 5.41) is 51.6. The highest BCUT2D eigenvalue weighted by Crippen LogP contribution is 2.65. The Labute approximate surface area is 833 Å². The largest absolute Gasteiger partial charge is 0.455 e. The van der Waals surface area contributed by atoms with Gasteiger partial charge in [-0.1, -0.05) is 183 Å². The normalized spacial score (nSPS) is 22.0. The van der Waals surface area contributed by atoms with Crippen LogP contribution in [0.15, 0.2) is 188 Å². The van der Waals surface area contributed by atoms with E-state index < -0.39 is 271 Å². The number of rotatable bonds is 46. The minimum Gasteiger partial charge on any atom is -0.455 e. The average Bonchev–Trinajstić information content (AvgIpc) is 0.926. The van der Waals surface area contributed by atoms with E-state index in [9.17, 15) is 67.7 Å². The Morgan fingerprint density at radius 2 is 1.19 bits per heavy atom. The fourth-order valence-corrected chi connectivity index (χ4v) is 19.4. The van der Waals surface area contributed by atoms with Crippen LogP contribution in [0.3, 0.4) is 0 Å². The minimum atomic E-state index is -2.66. The number of aliphatic hydroxyl groups excluding tert-OH is 1. The van der Waals surface area contributed by atoms with E-state index in [0.717, 1.165) is 13.8 Å².